The number of Topliss-reactive ketones (excluding diaryl/α,β-unsaturated/α-hetero) is 1. The number of benzene rings is 1. The number of allylic oxidation sites excluding steroid dienone is 4. The second kappa shape index (κ2) is 33.8. The van der Waals surface area contributed by atoms with E-state index in [9.17, 15) is 43.5 Å². The third-order valence-corrected chi connectivity index (χ3v) is 19.7. The van der Waals surface area contributed by atoms with Crippen LogP contribution >= 0.6 is 0 Å². The number of hydrogen-bond acceptors (Lipinski definition) is 18. The van der Waals surface area contributed by atoms with Gasteiger partial charge in [0.15, 0.2) is 29.1 Å². The third-order valence-electron chi connectivity index (χ3n) is 19.7. The van der Waals surface area contributed by atoms with Crippen molar-refractivity contribution >= 4 is 53.2 Å². The number of nitrogens with one attached hydrogen (secondary N) is 6. The zero-order valence-electron chi connectivity index (χ0n) is 54.6. The van der Waals surface area contributed by atoms with Crippen LogP contribution in [0.25, 0.3) is 0 Å². The largest absolute Gasteiger partial charge is 0.449 e. The van der Waals surface area contributed by atoms with E-state index in [-0.39, 0.29) is 83.0 Å². The second-order valence-electron chi connectivity index (χ2n) is 26.1. The van der Waals surface area contributed by atoms with Crippen LogP contribution in [0.2, 0.25) is 0 Å². The molecule has 1 aromatic rings. The fraction of sp³-hybridized carbons (Fsp3) is 0.701. The topological polar surface area (TPSA) is 338 Å². The number of anilines is 1. The number of ether oxygens (including phenoxy) is 9. The lowest BCUT2D eigenvalue weighted by atomic mass is 9.44. The lowest BCUT2D eigenvalue weighted by molar-refractivity contribution is -0.235. The van der Waals surface area contributed by atoms with Gasteiger partial charge in [-0.15, -0.1) is 11.8 Å². The van der Waals surface area contributed by atoms with Crippen LogP contribution in [0.15, 0.2) is 48.1 Å². The van der Waals surface area contributed by atoms with Crippen LogP contribution in [0.1, 0.15) is 117 Å². The molecule has 0 radical (unpaired) electrons. The fourth-order valence-electron chi connectivity index (χ4n) is 14.8. The summed E-state index contributed by atoms with van der Waals surface area (Å²) in [6.45, 7) is 10.5. The van der Waals surface area contributed by atoms with Crippen molar-refractivity contribution in [2.75, 3.05) is 91.2 Å². The van der Waals surface area contributed by atoms with E-state index in [4.69, 9.17) is 48.4 Å². The van der Waals surface area contributed by atoms with Crippen LogP contribution in [-0.2, 0) is 73.2 Å². The van der Waals surface area contributed by atoms with Crippen molar-refractivity contribution in [3.05, 3.63) is 53.6 Å². The summed E-state index contributed by atoms with van der Waals surface area (Å²) >= 11 is 0. The Hall–Kier alpha value is -6.64. The summed E-state index contributed by atoms with van der Waals surface area (Å²) in [4.78, 5) is 104. The highest BCUT2D eigenvalue weighted by Gasteiger charge is 2.80. The summed E-state index contributed by atoms with van der Waals surface area (Å²) in [6, 6.07) is 3.43. The molecule has 6 aliphatic carbocycles. The van der Waals surface area contributed by atoms with Gasteiger partial charge in [-0.05, 0) is 123 Å². The average molecular weight is 1320 g/mol. The van der Waals surface area contributed by atoms with Gasteiger partial charge in [0.1, 0.15) is 38.2 Å². The molecule has 0 aromatic heterocycles. The monoisotopic (exact) mass is 1320 g/mol. The molecule has 7 amide bonds. The van der Waals surface area contributed by atoms with Gasteiger partial charge in [-0.1, -0.05) is 52.3 Å². The predicted octanol–water partition coefficient (Wildman–Crippen LogP) is 5.30. The lowest BCUT2D eigenvalue weighted by Gasteiger charge is -2.63. The van der Waals surface area contributed by atoms with Crippen molar-refractivity contribution in [1.82, 2.24) is 26.6 Å². The van der Waals surface area contributed by atoms with Gasteiger partial charge in [0.2, 0.25) is 17.7 Å². The average Bonchev–Trinajstić information content (AvgIpc) is 1.41. The van der Waals surface area contributed by atoms with Crippen molar-refractivity contribution in [2.45, 2.75) is 166 Å². The van der Waals surface area contributed by atoms with Gasteiger partial charge >= 0.3 is 18.2 Å². The van der Waals surface area contributed by atoms with Crippen molar-refractivity contribution in [3.8, 4) is 11.8 Å². The number of rotatable bonds is 36. The van der Waals surface area contributed by atoms with Crippen LogP contribution in [0.3, 0.4) is 0 Å². The van der Waals surface area contributed by atoms with E-state index in [1.165, 1.54) is 19.1 Å². The number of urea groups is 1. The van der Waals surface area contributed by atoms with Crippen LogP contribution in [0.5, 0.6) is 0 Å². The van der Waals surface area contributed by atoms with Gasteiger partial charge in [0.25, 0.3) is 0 Å². The molecule has 1 aliphatic heterocycles. The van der Waals surface area contributed by atoms with E-state index in [0.717, 1.165) is 31.8 Å². The number of ketones is 2. The standard InChI is InChI=1S/C67H95F2N7O18/c1-6-12-57-93-55-35-48-49-34-51(68)50-33-44(77)20-22-64(50,4)66(49,69)53(78)36-65(48,5)67(55,94-57)54(79)39-90-40-73-63(85)91-37-42-16-18-43(19-17-42)74-59(81)52(15-11-23-71-61(70)83)75-60(82)58(41(2)3)76-56(80)21-25-86-27-29-88-31-32-89-30-28-87-26-24-72-62(84)92-38-47-45-13-9-7-8-10-14-46(45)47/h16-20,22,33,41,45-49,51-53,55,57-58,78H,6,9-15,21,23-32,34-40H2,1-5H3,(H,72,84)(H,73,85)(H,74,81)(H,75,82)(H,76,80)(H3,70,71,83)/t45-,46+,47?,48-,49-,51-,52-,53-,55+,57?,58-,64-,65-,66-,67+/m0/s1. The molecule has 25 nitrogen and oxygen atoms in total. The summed E-state index contributed by atoms with van der Waals surface area (Å²) < 4.78 is 85.5. The third kappa shape index (κ3) is 17.7. The molecule has 1 saturated heterocycles. The minimum Gasteiger partial charge on any atom is -0.449 e. The number of fused-ring (bicyclic) bond motifs is 8. The molecular weight excluding hydrogens is 1230 g/mol. The van der Waals surface area contributed by atoms with E-state index in [0.29, 0.717) is 88.0 Å². The predicted molar refractivity (Wildman–Crippen MR) is 335 cm³/mol. The van der Waals surface area contributed by atoms with Crippen molar-refractivity contribution in [1.29, 1.82) is 0 Å². The number of aliphatic hydroxyl groups excluding tert-OH is 1. The molecule has 4 saturated carbocycles. The van der Waals surface area contributed by atoms with Gasteiger partial charge in [-0.3, -0.25) is 29.3 Å². The number of nitrogens with two attached hydrogens (primary N) is 1. The van der Waals surface area contributed by atoms with Crippen LogP contribution < -0.4 is 37.6 Å². The van der Waals surface area contributed by atoms with Gasteiger partial charge < -0.3 is 80.1 Å². The number of alkyl halides is 2. The molecular formula is C67H95F2N7O18. The summed E-state index contributed by atoms with van der Waals surface area (Å²) in [5.41, 5.74) is -0.802. The zero-order valence-corrected chi connectivity index (χ0v) is 54.6. The minimum atomic E-state index is -2.37. The first-order chi connectivity index (χ1) is 45.1. The number of hydrogen-bond donors (Lipinski definition) is 8. The van der Waals surface area contributed by atoms with Crippen molar-refractivity contribution < 1.29 is 94.9 Å². The number of amides is 7. The number of carbonyl (C=O) groups is 8. The summed E-state index contributed by atoms with van der Waals surface area (Å²) in [5.74, 6) is 3.29. The summed E-state index contributed by atoms with van der Waals surface area (Å²) in [5, 5.41) is 27.8. The van der Waals surface area contributed by atoms with Gasteiger partial charge in [-0.25, -0.2) is 23.2 Å². The van der Waals surface area contributed by atoms with Crippen molar-refractivity contribution in [3.63, 3.8) is 0 Å². The van der Waals surface area contributed by atoms with E-state index in [2.05, 4.69) is 43.7 Å². The maximum atomic E-state index is 17.9. The lowest BCUT2D eigenvalue weighted by Crippen LogP contribution is -2.71. The van der Waals surface area contributed by atoms with Gasteiger partial charge in [0, 0.05) is 54.8 Å². The fourth-order valence-corrected chi connectivity index (χ4v) is 14.8. The van der Waals surface area contributed by atoms with E-state index in [1.54, 1.807) is 45.0 Å². The Kier molecular flexibility index (Phi) is 26.3. The molecule has 8 rings (SSSR count). The maximum absolute atomic E-state index is 17.9. The molecule has 1 heterocycles. The molecule has 1 aromatic carbocycles. The number of halogens is 2. The Morgan fingerprint density at radius 1 is 0.809 bits per heavy atom. The highest BCUT2D eigenvalue weighted by atomic mass is 19.1. The first-order valence-corrected chi connectivity index (χ1v) is 33.1. The molecule has 94 heavy (non-hydrogen) atoms. The quantitative estimate of drug-likeness (QED) is 0.0240. The van der Waals surface area contributed by atoms with Crippen molar-refractivity contribution in [2.24, 2.45) is 52.1 Å². The van der Waals surface area contributed by atoms with Gasteiger partial charge in [0.05, 0.1) is 71.7 Å². The first-order valence-electron chi connectivity index (χ1n) is 33.1. The smallest absolute Gasteiger partial charge is 0.409 e. The van der Waals surface area contributed by atoms with Gasteiger partial charge in [-0.2, -0.15) is 0 Å². The van der Waals surface area contributed by atoms with E-state index >= 15 is 8.78 Å². The highest BCUT2D eigenvalue weighted by molar-refractivity contribution is 6.01. The molecule has 27 heteroatoms. The van der Waals surface area contributed by atoms with Crippen LogP contribution in [-0.4, -0.2) is 187 Å². The highest BCUT2D eigenvalue weighted by Crippen LogP contribution is 2.72. The summed E-state index contributed by atoms with van der Waals surface area (Å²) in [7, 11) is 0. The first kappa shape index (κ1) is 73.2. The molecule has 7 aliphatic rings. The minimum absolute atomic E-state index is 0.00773. The molecule has 520 valence electrons. The van der Waals surface area contributed by atoms with E-state index in [1.807, 2.05) is 6.92 Å². The number of aliphatic hydroxyl groups is 1. The van der Waals surface area contributed by atoms with Crippen LogP contribution in [0, 0.1) is 58.2 Å². The molecule has 5 fully saturated rings. The molecule has 0 bridgehead atoms. The zero-order chi connectivity index (χ0) is 67.6. The second-order valence-corrected chi connectivity index (χ2v) is 26.1. The van der Waals surface area contributed by atoms with Crippen LogP contribution in [0.4, 0.5) is 28.9 Å². The Bertz CT molecular complexity index is 2930. The van der Waals surface area contributed by atoms with E-state index < -0.39 is 132 Å². The Morgan fingerprint density at radius 2 is 1.47 bits per heavy atom. The molecule has 9 N–H and O–H groups in total. The molecule has 15 atom stereocenters. The normalized spacial score (nSPS) is 29.9. The Balaban J connectivity index is 0.704. The molecule has 0 spiro atoms. The summed E-state index contributed by atoms with van der Waals surface area (Å²) in [6.07, 6.45) is 2.43. The number of carbonyl (C=O) groups excluding carboxylic acids is 8. The Labute approximate surface area is 547 Å². The Morgan fingerprint density at radius 3 is 2.13 bits per heavy atom. The SMILES string of the molecule is CCCC1O[C@@H]2C[C@H]3[C@@H]4C[C@H](F)C5=CC(=O)C=C[C@]5(C)[C@@]4(F)[C@@H](O)C[C@]3(C)[C@]2(C(=O)COCNC(=O)OCc2ccc(NC(=O)[C@H](CCCNC(N)=O)NC(=O)[C@@H](NC(=O)CCOCCOCCOCCOCCNC(=O)OCC3[C@H]4CCC#CCC[C@@H]34)C(C)C)cc2)O1. The number of primary amides is 1. The number of alkyl carbamates (subject to hydrolysis) is 2. The maximum Gasteiger partial charge on any atom is 0.409 e. The molecule has 2 unspecified atom stereocenters.